The number of carbonyl (C=O) groups is 3. The van der Waals surface area contributed by atoms with Crippen LogP contribution < -0.4 is 10.1 Å². The van der Waals surface area contributed by atoms with Crippen LogP contribution in [0.3, 0.4) is 0 Å². The summed E-state index contributed by atoms with van der Waals surface area (Å²) in [7, 11) is 1.35. The molecule has 8 nitrogen and oxygen atoms in total. The summed E-state index contributed by atoms with van der Waals surface area (Å²) in [5, 5.41) is 3.24. The summed E-state index contributed by atoms with van der Waals surface area (Å²) in [4.78, 5) is 41.1. The summed E-state index contributed by atoms with van der Waals surface area (Å²) in [6, 6.07) is 26.8. The number of esters is 1. The Hall–Kier alpha value is -5.11. The minimum absolute atomic E-state index is 0.0457. The van der Waals surface area contributed by atoms with E-state index in [-0.39, 0.29) is 17.7 Å². The fourth-order valence-electron chi connectivity index (χ4n) is 5.80. The van der Waals surface area contributed by atoms with Gasteiger partial charge in [-0.15, -0.1) is 0 Å². The molecule has 1 aliphatic carbocycles. The van der Waals surface area contributed by atoms with E-state index >= 15 is 0 Å². The highest BCUT2D eigenvalue weighted by Crippen LogP contribution is 2.24. The van der Waals surface area contributed by atoms with Crippen LogP contribution in [-0.4, -0.2) is 54.9 Å². The first-order valence-corrected chi connectivity index (χ1v) is 15.8. The van der Waals surface area contributed by atoms with E-state index < -0.39 is 12.0 Å². The number of ether oxygens (including phenoxy) is 2. The molecular weight excluding hydrogens is 580 g/mol. The van der Waals surface area contributed by atoms with Crippen molar-refractivity contribution in [1.29, 1.82) is 0 Å². The van der Waals surface area contributed by atoms with Gasteiger partial charge in [-0.3, -0.25) is 9.59 Å². The van der Waals surface area contributed by atoms with Gasteiger partial charge in [-0.05, 0) is 60.9 Å². The molecule has 0 spiro atoms. The summed E-state index contributed by atoms with van der Waals surface area (Å²) >= 11 is 0. The second kappa shape index (κ2) is 16.3. The second-order valence-electron chi connectivity index (χ2n) is 11.3. The molecule has 1 fully saturated rings. The number of hydrogen-bond donors (Lipinski definition) is 1. The van der Waals surface area contributed by atoms with Gasteiger partial charge in [-0.1, -0.05) is 73.9 Å². The van der Waals surface area contributed by atoms with E-state index in [1.807, 2.05) is 59.5 Å². The van der Waals surface area contributed by atoms with E-state index in [1.54, 1.807) is 54.8 Å². The molecule has 8 heteroatoms. The number of hydrogen-bond acceptors (Lipinski definition) is 7. The Kier molecular flexibility index (Phi) is 11.4. The summed E-state index contributed by atoms with van der Waals surface area (Å²) in [5.41, 5.74) is 2.49. The number of ketones is 1. The molecule has 46 heavy (non-hydrogen) atoms. The molecule has 0 unspecified atom stereocenters. The van der Waals surface area contributed by atoms with Crippen molar-refractivity contribution in [3.05, 3.63) is 126 Å². The Balaban J connectivity index is 1.20. The number of para-hydroxylation sites is 1. The average Bonchev–Trinajstić information content (AvgIpc) is 3.64. The van der Waals surface area contributed by atoms with Crippen molar-refractivity contribution in [3.8, 4) is 5.75 Å². The standard InChI is InChI=1S/C38H40N2O6/c1-44-38(43)35(39-34-17-9-8-16-33(34)37(42)29-11-4-2-5-12-29)27-28-18-20-32(21-19-28)46-26-24-40(30-13-6-3-7-14-30)36(41)23-22-31-15-10-25-45-31/h2,4-5,8-12,15-23,25,30,35,39H,3,6-7,13-14,24,26-27H2,1H3/b23-22+/t35-/m0/s1. The molecule has 1 amide bonds. The molecule has 3 aromatic carbocycles. The number of nitrogens with one attached hydrogen (secondary N) is 1. The lowest BCUT2D eigenvalue weighted by atomic mass is 9.94. The van der Waals surface area contributed by atoms with Gasteiger partial charge in [0.2, 0.25) is 5.91 Å². The quantitative estimate of drug-likeness (QED) is 0.0925. The number of anilines is 1. The predicted molar refractivity (Wildman–Crippen MR) is 178 cm³/mol. The minimum atomic E-state index is -0.717. The third-order valence-corrected chi connectivity index (χ3v) is 8.22. The number of benzene rings is 3. The smallest absolute Gasteiger partial charge is 0.328 e. The van der Waals surface area contributed by atoms with Gasteiger partial charge in [0.05, 0.1) is 19.9 Å². The van der Waals surface area contributed by atoms with Gasteiger partial charge < -0.3 is 24.1 Å². The van der Waals surface area contributed by atoms with Crippen molar-refractivity contribution >= 4 is 29.4 Å². The molecule has 1 N–H and O–H groups in total. The Morgan fingerprint density at radius 2 is 1.65 bits per heavy atom. The van der Waals surface area contributed by atoms with Gasteiger partial charge in [-0.25, -0.2) is 4.79 Å². The highest BCUT2D eigenvalue weighted by Gasteiger charge is 2.25. The number of amides is 1. The van der Waals surface area contributed by atoms with E-state index in [0.29, 0.717) is 47.9 Å². The monoisotopic (exact) mass is 620 g/mol. The zero-order chi connectivity index (χ0) is 32.1. The van der Waals surface area contributed by atoms with Crippen LogP contribution in [-0.2, 0) is 20.7 Å². The lowest BCUT2D eigenvalue weighted by Crippen LogP contribution is -2.42. The minimum Gasteiger partial charge on any atom is -0.492 e. The molecule has 5 rings (SSSR count). The molecular formula is C38H40N2O6. The number of carbonyl (C=O) groups excluding carboxylic acids is 3. The van der Waals surface area contributed by atoms with Crippen molar-refractivity contribution in [1.82, 2.24) is 4.90 Å². The van der Waals surface area contributed by atoms with Crippen LogP contribution in [0.25, 0.3) is 6.08 Å². The van der Waals surface area contributed by atoms with Crippen LogP contribution in [0.15, 0.2) is 108 Å². The maximum atomic E-state index is 13.2. The van der Waals surface area contributed by atoms with Gasteiger partial charge in [0.15, 0.2) is 5.78 Å². The molecule has 1 atom stereocenters. The van der Waals surface area contributed by atoms with Crippen LogP contribution in [0.5, 0.6) is 5.75 Å². The van der Waals surface area contributed by atoms with E-state index in [1.165, 1.54) is 13.5 Å². The van der Waals surface area contributed by atoms with Gasteiger partial charge in [-0.2, -0.15) is 0 Å². The lowest BCUT2D eigenvalue weighted by molar-refractivity contribution is -0.141. The van der Waals surface area contributed by atoms with Gasteiger partial charge in [0, 0.05) is 35.4 Å². The molecule has 1 heterocycles. The summed E-state index contributed by atoms with van der Waals surface area (Å²) in [6.07, 6.45) is 10.6. The average molecular weight is 621 g/mol. The van der Waals surface area contributed by atoms with Crippen LogP contribution >= 0.6 is 0 Å². The first-order chi connectivity index (χ1) is 22.5. The largest absolute Gasteiger partial charge is 0.492 e. The van der Waals surface area contributed by atoms with E-state index in [9.17, 15) is 14.4 Å². The first-order valence-electron chi connectivity index (χ1n) is 15.8. The Labute approximate surface area is 270 Å². The topological polar surface area (TPSA) is 98.1 Å². The van der Waals surface area contributed by atoms with E-state index in [0.717, 1.165) is 31.2 Å². The molecule has 0 bridgehead atoms. The lowest BCUT2D eigenvalue weighted by Gasteiger charge is -2.33. The van der Waals surface area contributed by atoms with Gasteiger partial charge >= 0.3 is 5.97 Å². The molecule has 1 aromatic heterocycles. The fourth-order valence-corrected chi connectivity index (χ4v) is 5.80. The number of furan rings is 1. The Morgan fingerprint density at radius 1 is 0.913 bits per heavy atom. The molecule has 0 aliphatic heterocycles. The maximum Gasteiger partial charge on any atom is 0.328 e. The second-order valence-corrected chi connectivity index (χ2v) is 11.3. The van der Waals surface area contributed by atoms with Crippen molar-refractivity contribution < 1.29 is 28.3 Å². The molecule has 4 aromatic rings. The Bertz CT molecular complexity index is 1590. The fraction of sp³-hybridized carbons (Fsp3) is 0.289. The van der Waals surface area contributed by atoms with Crippen molar-refractivity contribution in [2.75, 3.05) is 25.6 Å². The van der Waals surface area contributed by atoms with Gasteiger partial charge in [0.1, 0.15) is 24.2 Å². The molecule has 1 aliphatic rings. The zero-order valence-electron chi connectivity index (χ0n) is 26.1. The van der Waals surface area contributed by atoms with Crippen molar-refractivity contribution in [2.45, 2.75) is 50.6 Å². The number of methoxy groups -OCH3 is 1. The van der Waals surface area contributed by atoms with Crippen molar-refractivity contribution in [3.63, 3.8) is 0 Å². The van der Waals surface area contributed by atoms with Crippen LogP contribution in [0.1, 0.15) is 59.3 Å². The Morgan fingerprint density at radius 3 is 2.37 bits per heavy atom. The van der Waals surface area contributed by atoms with Gasteiger partial charge in [0.25, 0.3) is 0 Å². The molecule has 0 saturated heterocycles. The normalized spacial score (nSPS) is 14.0. The van der Waals surface area contributed by atoms with Crippen LogP contribution in [0.2, 0.25) is 0 Å². The first kappa shape index (κ1) is 32.3. The van der Waals surface area contributed by atoms with E-state index in [2.05, 4.69) is 5.32 Å². The third kappa shape index (κ3) is 8.75. The zero-order valence-corrected chi connectivity index (χ0v) is 26.1. The molecule has 1 saturated carbocycles. The number of nitrogens with zero attached hydrogens (tertiary/aromatic N) is 1. The summed E-state index contributed by atoms with van der Waals surface area (Å²) < 4.78 is 16.5. The SMILES string of the molecule is COC(=O)[C@H](Cc1ccc(OCCN(C(=O)/C=C/c2ccco2)C2CCCCC2)cc1)Nc1ccccc1C(=O)c1ccccc1. The van der Waals surface area contributed by atoms with Crippen molar-refractivity contribution in [2.24, 2.45) is 0 Å². The van der Waals surface area contributed by atoms with E-state index in [4.69, 9.17) is 13.9 Å². The maximum absolute atomic E-state index is 13.2. The third-order valence-electron chi connectivity index (χ3n) is 8.22. The predicted octanol–water partition coefficient (Wildman–Crippen LogP) is 6.96. The summed E-state index contributed by atoms with van der Waals surface area (Å²) in [5.74, 6) is 0.702. The van der Waals surface area contributed by atoms with Crippen LogP contribution in [0, 0.1) is 0 Å². The molecule has 238 valence electrons. The summed E-state index contributed by atoms with van der Waals surface area (Å²) in [6.45, 7) is 0.831. The highest BCUT2D eigenvalue weighted by atomic mass is 16.5. The molecule has 0 radical (unpaired) electrons. The van der Waals surface area contributed by atoms with Crippen LogP contribution in [0.4, 0.5) is 5.69 Å². The number of rotatable bonds is 14. The highest BCUT2D eigenvalue weighted by molar-refractivity contribution is 6.12.